The zero-order chi connectivity index (χ0) is 11.1. The van der Waals surface area contributed by atoms with Crippen molar-refractivity contribution in [3.05, 3.63) is 11.8 Å². The van der Waals surface area contributed by atoms with E-state index in [1.54, 1.807) is 13.8 Å². The molecule has 14 heavy (non-hydrogen) atoms. The second-order valence-electron chi connectivity index (χ2n) is 2.99. The average molecular weight is 201 g/mol. The summed E-state index contributed by atoms with van der Waals surface area (Å²) >= 11 is 0. The van der Waals surface area contributed by atoms with Crippen molar-refractivity contribution in [2.75, 3.05) is 6.61 Å². The van der Waals surface area contributed by atoms with Gasteiger partial charge in [0.1, 0.15) is 6.61 Å². The second-order valence-corrected chi connectivity index (χ2v) is 2.99. The molecule has 0 aromatic rings. The number of rotatable bonds is 4. The van der Waals surface area contributed by atoms with Crippen LogP contribution in [0.5, 0.6) is 0 Å². The Morgan fingerprint density at radius 3 is 2.43 bits per heavy atom. The normalized spacial score (nSPS) is 11.3. The van der Waals surface area contributed by atoms with Gasteiger partial charge in [0.05, 0.1) is 11.8 Å². The SMILES string of the molecule is CC(=O)OC/C(N)=C/C(=O)OC(C)C. The number of hydrogen-bond donors (Lipinski definition) is 1. The van der Waals surface area contributed by atoms with Gasteiger partial charge in [0.2, 0.25) is 0 Å². The van der Waals surface area contributed by atoms with Gasteiger partial charge in [-0.3, -0.25) is 4.79 Å². The number of carbonyl (C=O) groups is 2. The van der Waals surface area contributed by atoms with E-state index in [0.29, 0.717) is 0 Å². The summed E-state index contributed by atoms with van der Waals surface area (Å²) < 4.78 is 9.36. The first-order valence-electron chi connectivity index (χ1n) is 4.22. The molecule has 0 amide bonds. The van der Waals surface area contributed by atoms with Gasteiger partial charge in [-0.05, 0) is 13.8 Å². The zero-order valence-electron chi connectivity index (χ0n) is 8.57. The molecule has 0 atom stereocenters. The summed E-state index contributed by atoms with van der Waals surface area (Å²) in [6.07, 6.45) is 0.906. The third-order valence-electron chi connectivity index (χ3n) is 1.10. The van der Waals surface area contributed by atoms with Crippen molar-refractivity contribution in [3.8, 4) is 0 Å². The van der Waals surface area contributed by atoms with Crippen LogP contribution in [0.1, 0.15) is 20.8 Å². The minimum atomic E-state index is -0.537. The smallest absolute Gasteiger partial charge is 0.332 e. The van der Waals surface area contributed by atoms with E-state index in [4.69, 9.17) is 10.5 Å². The van der Waals surface area contributed by atoms with E-state index in [-0.39, 0.29) is 18.4 Å². The first-order chi connectivity index (χ1) is 6.41. The molecule has 0 saturated heterocycles. The summed E-state index contributed by atoms with van der Waals surface area (Å²) in [7, 11) is 0. The van der Waals surface area contributed by atoms with Crippen molar-refractivity contribution in [2.24, 2.45) is 5.73 Å². The number of esters is 2. The van der Waals surface area contributed by atoms with Crippen LogP contribution in [0.25, 0.3) is 0 Å². The molecule has 0 aliphatic rings. The maximum absolute atomic E-state index is 11.0. The van der Waals surface area contributed by atoms with Gasteiger partial charge < -0.3 is 15.2 Å². The Hall–Kier alpha value is -1.52. The van der Waals surface area contributed by atoms with Crippen molar-refractivity contribution < 1.29 is 19.1 Å². The van der Waals surface area contributed by atoms with E-state index >= 15 is 0 Å². The highest BCUT2D eigenvalue weighted by Gasteiger charge is 2.03. The summed E-state index contributed by atoms with van der Waals surface area (Å²) in [6.45, 7) is 4.63. The van der Waals surface area contributed by atoms with Gasteiger partial charge in [-0.2, -0.15) is 0 Å². The van der Waals surface area contributed by atoms with Crippen LogP contribution in [0, 0.1) is 0 Å². The quantitative estimate of drug-likeness (QED) is 0.524. The first-order valence-corrected chi connectivity index (χ1v) is 4.22. The zero-order valence-corrected chi connectivity index (χ0v) is 8.57. The summed E-state index contributed by atoms with van der Waals surface area (Å²) in [4.78, 5) is 21.4. The lowest BCUT2D eigenvalue weighted by Gasteiger charge is -2.05. The molecule has 0 aromatic carbocycles. The molecular formula is C9H15NO4. The van der Waals surface area contributed by atoms with Crippen LogP contribution in [0.4, 0.5) is 0 Å². The minimum Gasteiger partial charge on any atom is -0.460 e. The van der Waals surface area contributed by atoms with Gasteiger partial charge >= 0.3 is 11.9 Å². The fourth-order valence-corrected chi connectivity index (χ4v) is 0.644. The fraction of sp³-hybridized carbons (Fsp3) is 0.556. The molecule has 0 heterocycles. The standard InChI is InChI=1S/C9H15NO4/c1-6(2)14-9(12)4-8(10)5-13-7(3)11/h4,6H,5,10H2,1-3H3/b8-4-. The lowest BCUT2D eigenvalue weighted by atomic mass is 10.4. The molecule has 0 bridgehead atoms. The van der Waals surface area contributed by atoms with Crippen molar-refractivity contribution in [1.82, 2.24) is 0 Å². The lowest BCUT2D eigenvalue weighted by molar-refractivity contribution is -0.142. The van der Waals surface area contributed by atoms with Crippen LogP contribution in [0.15, 0.2) is 11.8 Å². The molecule has 0 aromatic heterocycles. The second kappa shape index (κ2) is 6.01. The summed E-state index contributed by atoms with van der Waals surface area (Å²) in [5.74, 6) is -0.983. The molecule has 5 heteroatoms. The molecule has 0 rings (SSSR count). The molecule has 0 spiro atoms. The number of nitrogens with two attached hydrogens (primary N) is 1. The van der Waals surface area contributed by atoms with Crippen molar-refractivity contribution >= 4 is 11.9 Å². The predicted octanol–water partition coefficient (Wildman–Crippen LogP) is 0.344. The Morgan fingerprint density at radius 2 is 2.00 bits per heavy atom. The molecule has 2 N–H and O–H groups in total. The van der Waals surface area contributed by atoms with Gasteiger partial charge in [-0.1, -0.05) is 0 Å². The van der Waals surface area contributed by atoms with E-state index in [2.05, 4.69) is 4.74 Å². The van der Waals surface area contributed by atoms with E-state index in [0.717, 1.165) is 6.08 Å². The van der Waals surface area contributed by atoms with Crippen LogP contribution in [0.3, 0.4) is 0 Å². The van der Waals surface area contributed by atoms with Gasteiger partial charge in [-0.15, -0.1) is 0 Å². The lowest BCUT2D eigenvalue weighted by Crippen LogP contribution is -2.14. The highest BCUT2D eigenvalue weighted by atomic mass is 16.5. The van der Waals surface area contributed by atoms with Crippen molar-refractivity contribution in [2.45, 2.75) is 26.9 Å². The maximum atomic E-state index is 11.0. The van der Waals surface area contributed by atoms with E-state index in [1.807, 2.05) is 0 Å². The molecule has 5 nitrogen and oxygen atoms in total. The Bertz CT molecular complexity index is 245. The third kappa shape index (κ3) is 7.15. The monoisotopic (exact) mass is 201 g/mol. The molecule has 0 saturated carbocycles. The predicted molar refractivity (Wildman–Crippen MR) is 50.1 cm³/mol. The molecule has 0 aliphatic carbocycles. The highest BCUT2D eigenvalue weighted by molar-refractivity contribution is 5.82. The van der Waals surface area contributed by atoms with Gasteiger partial charge in [0, 0.05) is 13.0 Å². The van der Waals surface area contributed by atoms with E-state index < -0.39 is 11.9 Å². The summed E-state index contributed by atoms with van der Waals surface area (Å²) in [5, 5.41) is 0. The highest BCUT2D eigenvalue weighted by Crippen LogP contribution is 1.93. The van der Waals surface area contributed by atoms with Crippen LogP contribution in [-0.2, 0) is 19.1 Å². The Balaban J connectivity index is 3.96. The number of hydrogen-bond acceptors (Lipinski definition) is 5. The van der Waals surface area contributed by atoms with Crippen molar-refractivity contribution in [3.63, 3.8) is 0 Å². The topological polar surface area (TPSA) is 78.6 Å². The van der Waals surface area contributed by atoms with Crippen molar-refractivity contribution in [1.29, 1.82) is 0 Å². The van der Waals surface area contributed by atoms with Crippen LogP contribution in [-0.4, -0.2) is 24.6 Å². The van der Waals surface area contributed by atoms with Crippen LogP contribution in [0.2, 0.25) is 0 Å². The number of ether oxygens (including phenoxy) is 2. The van der Waals surface area contributed by atoms with Crippen LogP contribution < -0.4 is 5.73 Å². The molecule has 80 valence electrons. The first kappa shape index (κ1) is 12.5. The van der Waals surface area contributed by atoms with E-state index in [9.17, 15) is 9.59 Å². The Morgan fingerprint density at radius 1 is 1.43 bits per heavy atom. The molecular weight excluding hydrogens is 186 g/mol. The fourth-order valence-electron chi connectivity index (χ4n) is 0.644. The summed E-state index contributed by atoms with van der Waals surface area (Å²) in [5.41, 5.74) is 5.54. The Kier molecular flexibility index (Phi) is 5.36. The molecule has 0 fully saturated rings. The maximum Gasteiger partial charge on any atom is 0.332 e. The summed E-state index contributed by atoms with van der Waals surface area (Å²) in [6, 6.07) is 0. The number of carbonyl (C=O) groups excluding carboxylic acids is 2. The average Bonchev–Trinajstić information content (AvgIpc) is 1.98. The van der Waals surface area contributed by atoms with E-state index in [1.165, 1.54) is 6.92 Å². The van der Waals surface area contributed by atoms with Gasteiger partial charge in [-0.25, -0.2) is 4.79 Å². The molecule has 0 radical (unpaired) electrons. The Labute approximate surface area is 82.9 Å². The largest absolute Gasteiger partial charge is 0.460 e. The van der Waals surface area contributed by atoms with Gasteiger partial charge in [0.15, 0.2) is 0 Å². The molecule has 0 unspecified atom stereocenters. The minimum absolute atomic E-state index is 0.0947. The molecule has 0 aliphatic heterocycles. The van der Waals surface area contributed by atoms with Gasteiger partial charge in [0.25, 0.3) is 0 Å². The van der Waals surface area contributed by atoms with Crippen LogP contribution >= 0.6 is 0 Å². The third-order valence-corrected chi connectivity index (χ3v) is 1.10.